The van der Waals surface area contributed by atoms with E-state index in [1.54, 1.807) is 0 Å². The highest BCUT2D eigenvalue weighted by Gasteiger charge is 2.09. The summed E-state index contributed by atoms with van der Waals surface area (Å²) in [5.74, 6) is 1.27. The first kappa shape index (κ1) is 10.2. The molecule has 2 rings (SSSR count). The number of amidine groups is 1. The first-order valence-corrected chi connectivity index (χ1v) is 5.78. The first-order chi connectivity index (χ1) is 7.34. The summed E-state index contributed by atoms with van der Waals surface area (Å²) in [6.07, 6.45) is 5.07. The van der Waals surface area contributed by atoms with E-state index in [-0.39, 0.29) is 0 Å². The van der Waals surface area contributed by atoms with E-state index >= 15 is 0 Å². The quantitative estimate of drug-likeness (QED) is 0.710. The Morgan fingerprint density at radius 2 is 1.87 bits per heavy atom. The van der Waals surface area contributed by atoms with Gasteiger partial charge in [-0.05, 0) is 38.3 Å². The van der Waals surface area contributed by atoms with Gasteiger partial charge in [0.25, 0.3) is 0 Å². The van der Waals surface area contributed by atoms with E-state index in [0.29, 0.717) is 0 Å². The third-order valence-corrected chi connectivity index (χ3v) is 2.79. The molecule has 1 aliphatic rings. The summed E-state index contributed by atoms with van der Waals surface area (Å²) in [6.45, 7) is 3.22. The van der Waals surface area contributed by atoms with Gasteiger partial charge in [-0.2, -0.15) is 0 Å². The Kier molecular flexibility index (Phi) is 3.38. The van der Waals surface area contributed by atoms with Crippen LogP contribution >= 0.6 is 0 Å². The van der Waals surface area contributed by atoms with Crippen LogP contribution in [0, 0.1) is 6.92 Å². The van der Waals surface area contributed by atoms with Gasteiger partial charge in [0, 0.05) is 6.42 Å². The molecular formula is C13H19N2+. The van der Waals surface area contributed by atoms with Crippen molar-refractivity contribution in [1.29, 1.82) is 0 Å². The fourth-order valence-electron chi connectivity index (χ4n) is 1.85. The summed E-state index contributed by atoms with van der Waals surface area (Å²) in [5.41, 5.74) is 2.49. The minimum Gasteiger partial charge on any atom is -0.278 e. The van der Waals surface area contributed by atoms with Gasteiger partial charge < -0.3 is 0 Å². The zero-order valence-corrected chi connectivity index (χ0v) is 9.34. The molecule has 0 saturated carbocycles. The number of anilines is 1. The third kappa shape index (κ3) is 3.08. The molecule has 2 nitrogen and oxygen atoms in total. The zero-order valence-electron chi connectivity index (χ0n) is 9.34. The molecule has 0 atom stereocenters. The molecule has 0 unspecified atom stereocenters. The largest absolute Gasteiger partial charge is 0.278 e. The number of hydrogen-bond donors (Lipinski definition) is 2. The van der Waals surface area contributed by atoms with E-state index in [4.69, 9.17) is 0 Å². The van der Waals surface area contributed by atoms with Gasteiger partial charge in [-0.1, -0.05) is 17.7 Å². The highest BCUT2D eigenvalue weighted by molar-refractivity contribution is 5.91. The second kappa shape index (κ2) is 4.96. The molecule has 15 heavy (non-hydrogen) atoms. The molecule has 0 aliphatic carbocycles. The molecule has 1 aromatic rings. The lowest BCUT2D eigenvalue weighted by atomic mass is 10.2. The third-order valence-electron chi connectivity index (χ3n) is 2.79. The molecule has 0 radical (unpaired) electrons. The maximum Gasteiger partial charge on any atom is 0.247 e. The van der Waals surface area contributed by atoms with Crippen molar-refractivity contribution in [3.8, 4) is 0 Å². The molecule has 0 amide bonds. The molecule has 0 spiro atoms. The van der Waals surface area contributed by atoms with Crippen molar-refractivity contribution in [2.24, 2.45) is 0 Å². The van der Waals surface area contributed by atoms with E-state index in [0.717, 1.165) is 13.0 Å². The number of nitrogens with one attached hydrogen (secondary N) is 2. The standard InChI is InChI=1S/C13H18N2/c1-11-6-8-12(9-7-11)15-13-5-3-2-4-10-14-13/h6-9H,2-5,10H2,1H3,(H,14,15)/p+1. The smallest absolute Gasteiger partial charge is 0.247 e. The number of hydrogen-bond acceptors (Lipinski definition) is 1. The maximum atomic E-state index is 3.45. The van der Waals surface area contributed by atoms with Crippen LogP contribution < -0.4 is 10.3 Å². The second-order valence-corrected chi connectivity index (χ2v) is 4.21. The molecule has 0 saturated heterocycles. The van der Waals surface area contributed by atoms with E-state index in [1.807, 2.05) is 0 Å². The highest BCUT2D eigenvalue weighted by Crippen LogP contribution is 2.09. The van der Waals surface area contributed by atoms with Crippen LogP contribution in [-0.2, 0) is 0 Å². The van der Waals surface area contributed by atoms with Gasteiger partial charge in [0.15, 0.2) is 0 Å². The molecule has 80 valence electrons. The molecule has 1 aromatic carbocycles. The molecule has 0 aromatic heterocycles. The lowest BCUT2D eigenvalue weighted by molar-refractivity contribution is -0.457. The Morgan fingerprint density at radius 3 is 2.67 bits per heavy atom. The Balaban J connectivity index is 2.01. The average molecular weight is 203 g/mol. The maximum absolute atomic E-state index is 3.45. The van der Waals surface area contributed by atoms with Gasteiger partial charge in [0.2, 0.25) is 5.84 Å². The number of benzene rings is 1. The van der Waals surface area contributed by atoms with Gasteiger partial charge in [-0.3, -0.25) is 4.99 Å². The molecule has 0 bridgehead atoms. The molecular weight excluding hydrogens is 184 g/mol. The van der Waals surface area contributed by atoms with Crippen molar-refractivity contribution in [3.63, 3.8) is 0 Å². The number of rotatable bonds is 1. The first-order valence-electron chi connectivity index (χ1n) is 5.78. The van der Waals surface area contributed by atoms with E-state index in [9.17, 15) is 0 Å². The van der Waals surface area contributed by atoms with E-state index in [2.05, 4.69) is 41.5 Å². The molecule has 0 fully saturated rings. The van der Waals surface area contributed by atoms with Crippen molar-refractivity contribution in [1.82, 2.24) is 0 Å². The average Bonchev–Trinajstić information content (AvgIpc) is 2.50. The Bertz CT molecular complexity index is 338. The van der Waals surface area contributed by atoms with Gasteiger partial charge in [-0.25, -0.2) is 5.32 Å². The minimum absolute atomic E-state index is 1.11. The van der Waals surface area contributed by atoms with Crippen molar-refractivity contribution in [2.45, 2.75) is 32.6 Å². The van der Waals surface area contributed by atoms with Crippen LogP contribution in [0.2, 0.25) is 0 Å². The van der Waals surface area contributed by atoms with Crippen LogP contribution in [0.15, 0.2) is 24.3 Å². The summed E-state index contributed by atoms with van der Waals surface area (Å²) in [6, 6.07) is 8.54. The lowest BCUT2D eigenvalue weighted by Gasteiger charge is -2.01. The Morgan fingerprint density at radius 1 is 1.07 bits per heavy atom. The second-order valence-electron chi connectivity index (χ2n) is 4.21. The summed E-state index contributed by atoms with van der Waals surface area (Å²) in [4.78, 5) is 3.45. The summed E-state index contributed by atoms with van der Waals surface area (Å²) in [5, 5.41) is 3.45. The van der Waals surface area contributed by atoms with Crippen molar-refractivity contribution >= 4 is 11.5 Å². The van der Waals surface area contributed by atoms with Crippen LogP contribution in [0.25, 0.3) is 0 Å². The van der Waals surface area contributed by atoms with Crippen LogP contribution in [0.5, 0.6) is 0 Å². The van der Waals surface area contributed by atoms with Gasteiger partial charge >= 0.3 is 0 Å². The monoisotopic (exact) mass is 203 g/mol. The van der Waals surface area contributed by atoms with E-state index in [1.165, 1.54) is 36.3 Å². The Labute approximate surface area is 91.4 Å². The van der Waals surface area contributed by atoms with Gasteiger partial charge in [0.1, 0.15) is 5.69 Å². The SMILES string of the molecule is Cc1ccc(NC2=[NH+]CCCCC2)cc1. The Hall–Kier alpha value is -1.31. The van der Waals surface area contributed by atoms with Crippen molar-refractivity contribution < 1.29 is 4.99 Å². The molecule has 1 aliphatic heterocycles. The fourth-order valence-corrected chi connectivity index (χ4v) is 1.85. The van der Waals surface area contributed by atoms with E-state index < -0.39 is 0 Å². The van der Waals surface area contributed by atoms with Crippen LogP contribution in [0.3, 0.4) is 0 Å². The summed E-state index contributed by atoms with van der Waals surface area (Å²) >= 11 is 0. The fraction of sp³-hybridized carbons (Fsp3) is 0.462. The van der Waals surface area contributed by atoms with Gasteiger partial charge in [-0.15, -0.1) is 0 Å². The van der Waals surface area contributed by atoms with Crippen LogP contribution in [0.4, 0.5) is 5.69 Å². The predicted molar refractivity (Wildman–Crippen MR) is 64.1 cm³/mol. The summed E-state index contributed by atoms with van der Waals surface area (Å²) < 4.78 is 0. The zero-order chi connectivity index (χ0) is 10.5. The molecule has 2 heteroatoms. The topological polar surface area (TPSA) is 26.0 Å². The predicted octanol–water partition coefficient (Wildman–Crippen LogP) is 1.46. The number of aryl methyl sites for hydroxylation is 1. The van der Waals surface area contributed by atoms with Crippen LogP contribution in [-0.4, -0.2) is 12.4 Å². The minimum atomic E-state index is 1.11. The van der Waals surface area contributed by atoms with Gasteiger partial charge in [0.05, 0.1) is 6.54 Å². The van der Waals surface area contributed by atoms with Crippen molar-refractivity contribution in [3.05, 3.63) is 29.8 Å². The summed E-state index contributed by atoms with van der Waals surface area (Å²) in [7, 11) is 0. The van der Waals surface area contributed by atoms with Crippen molar-refractivity contribution in [2.75, 3.05) is 11.9 Å². The normalized spacial score (nSPS) is 16.7. The lowest BCUT2D eigenvalue weighted by Crippen LogP contribution is -2.74. The molecule has 2 N–H and O–H groups in total. The highest BCUT2D eigenvalue weighted by atomic mass is 15.0. The van der Waals surface area contributed by atoms with Crippen LogP contribution in [0.1, 0.15) is 31.2 Å². The molecule has 1 heterocycles.